The van der Waals surface area contributed by atoms with E-state index < -0.39 is 34.3 Å². The van der Waals surface area contributed by atoms with Crippen LogP contribution in [0.15, 0.2) is 108 Å². The fourth-order valence-corrected chi connectivity index (χ4v) is 7.62. The van der Waals surface area contributed by atoms with Gasteiger partial charge in [0.05, 0.1) is 17.2 Å². The second-order valence-corrected chi connectivity index (χ2v) is 14.3. The third kappa shape index (κ3) is 9.26. The minimum Gasteiger partial charge on any atom is -0.494 e. The van der Waals surface area contributed by atoms with Crippen LogP contribution >= 0.6 is 0 Å². The predicted molar refractivity (Wildman–Crippen MR) is 189 cm³/mol. The predicted octanol–water partition coefficient (Wildman–Crippen LogP) is 6.82. The molecule has 1 N–H and O–H groups in total. The van der Waals surface area contributed by atoms with Crippen LogP contribution in [0.5, 0.6) is 5.75 Å². The van der Waals surface area contributed by atoms with Crippen LogP contribution in [0.25, 0.3) is 0 Å². The summed E-state index contributed by atoms with van der Waals surface area (Å²) >= 11 is 0. The van der Waals surface area contributed by atoms with E-state index in [1.165, 1.54) is 17.0 Å². The van der Waals surface area contributed by atoms with E-state index in [1.807, 2.05) is 68.4 Å². The van der Waals surface area contributed by atoms with E-state index in [9.17, 15) is 22.4 Å². The smallest absolute Gasteiger partial charge is 0.264 e. The maximum absolute atomic E-state index is 14.7. The summed E-state index contributed by atoms with van der Waals surface area (Å²) in [7, 11) is -4.36. The maximum atomic E-state index is 14.7. The van der Waals surface area contributed by atoms with Crippen molar-refractivity contribution < 1.29 is 27.1 Å². The molecular formula is C39H44FN3O5S. The number of hydrogen-bond donors (Lipinski definition) is 1. The molecule has 1 atom stereocenters. The number of rotatable bonds is 14. The molecule has 0 unspecified atom stereocenters. The Balaban J connectivity index is 1.57. The molecule has 5 rings (SSSR count). The lowest BCUT2D eigenvalue weighted by atomic mass is 9.94. The Bertz CT molecular complexity index is 1790. The summed E-state index contributed by atoms with van der Waals surface area (Å²) in [6.07, 6.45) is 5.16. The molecule has 4 aromatic rings. The highest BCUT2D eigenvalue weighted by atomic mass is 32.2. The number of nitrogens with one attached hydrogen (secondary N) is 1. The normalized spacial score (nSPS) is 14.1. The van der Waals surface area contributed by atoms with Gasteiger partial charge in [0.25, 0.3) is 10.0 Å². The molecule has 0 radical (unpaired) electrons. The number of aryl methyl sites for hydroxylation is 1. The average molecular weight is 686 g/mol. The van der Waals surface area contributed by atoms with Gasteiger partial charge in [-0.3, -0.25) is 13.9 Å². The van der Waals surface area contributed by atoms with Crippen LogP contribution in [-0.4, -0.2) is 50.4 Å². The zero-order valence-corrected chi connectivity index (χ0v) is 28.9. The van der Waals surface area contributed by atoms with Crippen LogP contribution in [0, 0.1) is 12.7 Å². The standard InChI is InChI=1S/C39H44FN3O5S/c1-3-48-35-22-20-34(21-23-35)43(49(46,47)36-24-18-32(40)19-25-36)28-38(44)42(27-31-15-11-10-12-29(31)2)37(26-30-13-6-4-7-14-30)39(45)41-33-16-8-5-9-17-33/h4,6-7,10-15,18-25,33,37H,3,5,8-9,16-17,26-28H2,1-2H3,(H,41,45)/t37-/m0/s1. The lowest BCUT2D eigenvalue weighted by Crippen LogP contribution is -2.55. The van der Waals surface area contributed by atoms with Crippen LogP contribution in [0.3, 0.4) is 0 Å². The molecule has 0 aliphatic heterocycles. The van der Waals surface area contributed by atoms with Crippen LogP contribution in [0.1, 0.15) is 55.7 Å². The van der Waals surface area contributed by atoms with Crippen LogP contribution in [0.2, 0.25) is 0 Å². The van der Waals surface area contributed by atoms with Gasteiger partial charge in [-0.2, -0.15) is 0 Å². The van der Waals surface area contributed by atoms with Crippen LogP contribution < -0.4 is 14.4 Å². The van der Waals surface area contributed by atoms with E-state index in [-0.39, 0.29) is 35.5 Å². The molecule has 0 bridgehead atoms. The first kappa shape index (κ1) is 35.6. The molecule has 1 aliphatic carbocycles. The number of ether oxygens (including phenoxy) is 1. The van der Waals surface area contributed by atoms with Gasteiger partial charge in [-0.15, -0.1) is 0 Å². The van der Waals surface area contributed by atoms with Crippen molar-refractivity contribution in [2.45, 2.75) is 75.9 Å². The number of anilines is 1. The minimum atomic E-state index is -4.36. The largest absolute Gasteiger partial charge is 0.494 e. The number of halogens is 1. The number of benzene rings is 4. The molecule has 1 aliphatic rings. The van der Waals surface area contributed by atoms with Crippen molar-refractivity contribution in [3.05, 3.63) is 126 Å². The molecular weight excluding hydrogens is 642 g/mol. The van der Waals surface area contributed by atoms with E-state index in [2.05, 4.69) is 5.32 Å². The third-order valence-corrected chi connectivity index (χ3v) is 10.7. The third-order valence-electron chi connectivity index (χ3n) is 8.94. The topological polar surface area (TPSA) is 96.0 Å². The van der Waals surface area contributed by atoms with Gasteiger partial charge in [-0.1, -0.05) is 73.9 Å². The number of hydrogen-bond acceptors (Lipinski definition) is 5. The summed E-state index contributed by atoms with van der Waals surface area (Å²) in [5, 5.41) is 3.23. The number of nitrogens with zero attached hydrogens (tertiary/aromatic N) is 2. The van der Waals surface area contributed by atoms with Crippen LogP contribution in [0.4, 0.5) is 10.1 Å². The fraction of sp³-hybridized carbons (Fsp3) is 0.333. The Labute approximate surface area is 289 Å². The lowest BCUT2D eigenvalue weighted by molar-refractivity contribution is -0.140. The lowest BCUT2D eigenvalue weighted by Gasteiger charge is -2.35. The molecule has 0 heterocycles. The Morgan fingerprint density at radius 2 is 1.53 bits per heavy atom. The Morgan fingerprint density at radius 3 is 2.18 bits per heavy atom. The second-order valence-electron chi connectivity index (χ2n) is 12.4. The fourth-order valence-electron chi connectivity index (χ4n) is 6.21. The first-order valence-corrected chi connectivity index (χ1v) is 18.3. The van der Waals surface area contributed by atoms with Gasteiger partial charge in [0.1, 0.15) is 24.2 Å². The first-order chi connectivity index (χ1) is 23.7. The Morgan fingerprint density at radius 1 is 0.878 bits per heavy atom. The van der Waals surface area contributed by atoms with E-state index in [1.54, 1.807) is 24.3 Å². The van der Waals surface area contributed by atoms with E-state index in [4.69, 9.17) is 4.74 Å². The van der Waals surface area contributed by atoms with Gasteiger partial charge in [-0.25, -0.2) is 12.8 Å². The summed E-state index contributed by atoms with van der Waals surface area (Å²) in [4.78, 5) is 30.3. The van der Waals surface area contributed by atoms with Gasteiger partial charge in [0.2, 0.25) is 11.8 Å². The summed E-state index contributed by atoms with van der Waals surface area (Å²) in [6.45, 7) is 3.71. The minimum absolute atomic E-state index is 0.00847. The van der Waals surface area contributed by atoms with Gasteiger partial charge in [0.15, 0.2) is 0 Å². The maximum Gasteiger partial charge on any atom is 0.264 e. The summed E-state index contributed by atoms with van der Waals surface area (Å²) in [5.74, 6) is -0.866. The highest BCUT2D eigenvalue weighted by molar-refractivity contribution is 7.92. The van der Waals surface area contributed by atoms with Crippen molar-refractivity contribution in [1.29, 1.82) is 0 Å². The number of sulfonamides is 1. The van der Waals surface area contributed by atoms with Gasteiger partial charge < -0.3 is 15.0 Å². The van der Waals surface area contributed by atoms with Crippen molar-refractivity contribution >= 4 is 27.5 Å². The number of carbonyl (C=O) groups excluding carboxylic acids is 2. The molecule has 0 aromatic heterocycles. The van der Waals surface area contributed by atoms with Gasteiger partial charge in [0, 0.05) is 19.0 Å². The molecule has 2 amide bonds. The molecule has 1 saturated carbocycles. The molecule has 4 aromatic carbocycles. The molecule has 0 spiro atoms. The Kier molecular flexibility index (Phi) is 12.1. The molecule has 0 saturated heterocycles. The number of amides is 2. The van der Waals surface area contributed by atoms with Crippen molar-refractivity contribution in [1.82, 2.24) is 10.2 Å². The summed E-state index contributed by atoms with van der Waals surface area (Å²) in [5.41, 5.74) is 2.88. The molecule has 10 heteroatoms. The van der Waals surface area contributed by atoms with E-state index >= 15 is 0 Å². The monoisotopic (exact) mass is 685 g/mol. The Hall–Kier alpha value is -4.70. The SMILES string of the molecule is CCOc1ccc(N(CC(=O)N(Cc2ccccc2C)[C@@H](Cc2ccccc2)C(=O)NC2CCCCC2)S(=O)(=O)c2ccc(F)cc2)cc1. The van der Waals surface area contributed by atoms with Crippen molar-refractivity contribution in [3.63, 3.8) is 0 Å². The highest BCUT2D eigenvalue weighted by Gasteiger charge is 2.35. The highest BCUT2D eigenvalue weighted by Crippen LogP contribution is 2.28. The van der Waals surface area contributed by atoms with Crippen molar-refractivity contribution in [2.24, 2.45) is 0 Å². The first-order valence-electron chi connectivity index (χ1n) is 16.8. The molecule has 1 fully saturated rings. The molecule has 8 nitrogen and oxygen atoms in total. The van der Waals surface area contributed by atoms with Crippen molar-refractivity contribution in [3.8, 4) is 5.75 Å². The zero-order chi connectivity index (χ0) is 34.8. The van der Waals surface area contributed by atoms with Gasteiger partial charge in [-0.05, 0) is 91.9 Å². The number of carbonyl (C=O) groups is 2. The van der Waals surface area contributed by atoms with Crippen LogP contribution in [-0.2, 0) is 32.6 Å². The van der Waals surface area contributed by atoms with Gasteiger partial charge >= 0.3 is 0 Å². The quantitative estimate of drug-likeness (QED) is 0.157. The average Bonchev–Trinajstić information content (AvgIpc) is 3.11. The summed E-state index contributed by atoms with van der Waals surface area (Å²) in [6, 6.07) is 27.2. The van der Waals surface area contributed by atoms with Crippen molar-refractivity contribution in [2.75, 3.05) is 17.5 Å². The molecule has 258 valence electrons. The van der Waals surface area contributed by atoms with E-state index in [0.717, 1.165) is 65.2 Å². The zero-order valence-electron chi connectivity index (χ0n) is 28.1. The van der Waals surface area contributed by atoms with E-state index in [0.29, 0.717) is 12.4 Å². The second kappa shape index (κ2) is 16.6. The summed E-state index contributed by atoms with van der Waals surface area (Å²) < 4.78 is 48.9. The molecule has 49 heavy (non-hydrogen) atoms.